The lowest BCUT2D eigenvalue weighted by molar-refractivity contribution is -0.0581. The average molecular weight is 646 g/mol. The zero-order valence-corrected chi connectivity index (χ0v) is 30.9. The fourth-order valence-corrected chi connectivity index (χ4v) is 10.2. The molecule has 4 aliphatic rings. The largest absolute Gasteiger partial charge is 0.446 e. The van der Waals surface area contributed by atoms with Gasteiger partial charge >= 0.3 is 6.09 Å². The van der Waals surface area contributed by atoms with Crippen LogP contribution in [0.15, 0.2) is 11.6 Å². The molecule has 0 radical (unpaired) electrons. The van der Waals surface area contributed by atoms with Crippen LogP contribution in [0.1, 0.15) is 132 Å². The number of rotatable bonds is 19. The fourth-order valence-electron chi connectivity index (χ4n) is 10.2. The molecule has 0 aromatic heterocycles. The Morgan fingerprint density at radius 2 is 1.50 bits per heavy atom. The van der Waals surface area contributed by atoms with Crippen LogP contribution in [0.2, 0.25) is 0 Å². The minimum Gasteiger partial charge on any atom is -0.446 e. The summed E-state index contributed by atoms with van der Waals surface area (Å²) in [6.07, 6.45) is 18.3. The molecule has 0 heterocycles. The summed E-state index contributed by atoms with van der Waals surface area (Å²) in [6, 6.07) is 0. The quantitative estimate of drug-likeness (QED) is 0.112. The fraction of sp³-hybridized carbons (Fsp3) is 0.925. The molecule has 4 aliphatic carbocycles. The standard InChI is InChI=1S/C40H71NO5/c1-29(2)10-8-11-31(5)35-14-15-36-34-13-12-32-28-33(16-19-39(32,6)37(34)17-20-40(35,36)7)46-38(42)41-21-9-22-43-24-26-45-27-25-44-23-18-30(3)4/h12,29-31,33-37H,8-11,13-28H2,1-7H3,(H,41,42). The topological polar surface area (TPSA) is 66.0 Å². The number of fused-ring (bicyclic) bond motifs is 5. The van der Waals surface area contributed by atoms with E-state index in [2.05, 4.69) is 59.9 Å². The molecule has 0 saturated heterocycles. The Balaban J connectivity index is 1.13. The van der Waals surface area contributed by atoms with Crippen LogP contribution in [0.5, 0.6) is 0 Å². The van der Waals surface area contributed by atoms with Gasteiger partial charge in [0, 0.05) is 26.2 Å². The lowest BCUT2D eigenvalue weighted by Crippen LogP contribution is -2.51. The van der Waals surface area contributed by atoms with Gasteiger partial charge < -0.3 is 24.3 Å². The van der Waals surface area contributed by atoms with E-state index in [1.54, 1.807) is 5.57 Å². The van der Waals surface area contributed by atoms with Gasteiger partial charge in [0.2, 0.25) is 0 Å². The smallest absolute Gasteiger partial charge is 0.407 e. The number of alkyl carbamates (subject to hydrolysis) is 1. The van der Waals surface area contributed by atoms with Crippen molar-refractivity contribution in [3.05, 3.63) is 11.6 Å². The predicted octanol–water partition coefficient (Wildman–Crippen LogP) is 9.61. The molecule has 266 valence electrons. The van der Waals surface area contributed by atoms with Crippen molar-refractivity contribution in [2.45, 2.75) is 138 Å². The molecule has 6 nitrogen and oxygen atoms in total. The molecule has 46 heavy (non-hydrogen) atoms. The Kier molecular flexibility index (Phi) is 14.8. The van der Waals surface area contributed by atoms with Crippen molar-refractivity contribution in [3.8, 4) is 0 Å². The van der Waals surface area contributed by atoms with Crippen molar-refractivity contribution in [2.24, 2.45) is 52.3 Å². The van der Waals surface area contributed by atoms with E-state index >= 15 is 0 Å². The van der Waals surface area contributed by atoms with Gasteiger partial charge in [0.15, 0.2) is 0 Å². The summed E-state index contributed by atoms with van der Waals surface area (Å²) < 4.78 is 22.7. The first kappa shape index (κ1) is 37.7. The summed E-state index contributed by atoms with van der Waals surface area (Å²) in [5.74, 6) is 5.77. The Labute approximate surface area is 282 Å². The van der Waals surface area contributed by atoms with Gasteiger partial charge in [0.05, 0.1) is 26.4 Å². The van der Waals surface area contributed by atoms with E-state index in [1.165, 1.54) is 51.4 Å². The van der Waals surface area contributed by atoms with Gasteiger partial charge in [-0.25, -0.2) is 4.79 Å². The second-order valence-corrected chi connectivity index (χ2v) is 16.9. The van der Waals surface area contributed by atoms with Crippen LogP contribution in [-0.4, -0.2) is 58.4 Å². The molecule has 0 aromatic rings. The SMILES string of the molecule is CC(C)CCCC(C)C1CCC2C3CC=C4CC(OC(=O)NCCCOCCOCCOCCC(C)C)CCC4(C)C3CCC12C. The summed E-state index contributed by atoms with van der Waals surface area (Å²) in [5.41, 5.74) is 2.39. The average Bonchev–Trinajstić information content (AvgIpc) is 3.36. The van der Waals surface area contributed by atoms with Gasteiger partial charge in [0.1, 0.15) is 6.10 Å². The Morgan fingerprint density at radius 3 is 2.22 bits per heavy atom. The molecule has 3 fully saturated rings. The highest BCUT2D eigenvalue weighted by atomic mass is 16.6. The third-order valence-corrected chi connectivity index (χ3v) is 12.9. The lowest BCUT2D eigenvalue weighted by atomic mass is 9.47. The maximum atomic E-state index is 12.6. The van der Waals surface area contributed by atoms with Crippen molar-refractivity contribution in [1.82, 2.24) is 5.32 Å². The van der Waals surface area contributed by atoms with Crippen molar-refractivity contribution in [2.75, 3.05) is 46.2 Å². The second-order valence-electron chi connectivity index (χ2n) is 16.9. The van der Waals surface area contributed by atoms with Crippen LogP contribution in [0, 0.1) is 52.3 Å². The van der Waals surface area contributed by atoms with Crippen molar-refractivity contribution in [3.63, 3.8) is 0 Å². The Hall–Kier alpha value is -1.11. The number of carbonyl (C=O) groups excluding carboxylic acids is 1. The van der Waals surface area contributed by atoms with E-state index in [-0.39, 0.29) is 17.6 Å². The minimum absolute atomic E-state index is 0.00460. The van der Waals surface area contributed by atoms with Crippen molar-refractivity contribution < 1.29 is 23.7 Å². The van der Waals surface area contributed by atoms with Gasteiger partial charge in [-0.1, -0.05) is 79.4 Å². The van der Waals surface area contributed by atoms with E-state index in [1.807, 2.05) is 0 Å². The molecule has 4 rings (SSSR count). The lowest BCUT2D eigenvalue weighted by Gasteiger charge is -2.58. The van der Waals surface area contributed by atoms with Gasteiger partial charge in [-0.15, -0.1) is 0 Å². The molecule has 1 amide bonds. The molecule has 1 N–H and O–H groups in total. The maximum absolute atomic E-state index is 12.6. The van der Waals surface area contributed by atoms with E-state index in [4.69, 9.17) is 18.9 Å². The number of ether oxygens (including phenoxy) is 4. The first-order valence-corrected chi connectivity index (χ1v) is 19.4. The van der Waals surface area contributed by atoms with Gasteiger partial charge in [-0.3, -0.25) is 0 Å². The normalized spacial score (nSPS) is 32.9. The number of carbonyl (C=O) groups is 1. The Bertz CT molecular complexity index is 950. The summed E-state index contributed by atoms with van der Waals surface area (Å²) in [5, 5.41) is 2.95. The van der Waals surface area contributed by atoms with E-state index in [9.17, 15) is 4.79 Å². The maximum Gasteiger partial charge on any atom is 0.407 e. The summed E-state index contributed by atoms with van der Waals surface area (Å²) in [7, 11) is 0. The van der Waals surface area contributed by atoms with Crippen molar-refractivity contribution in [1.29, 1.82) is 0 Å². The number of amides is 1. The second kappa shape index (κ2) is 18.0. The molecule has 0 spiro atoms. The van der Waals surface area contributed by atoms with Crippen molar-refractivity contribution >= 4 is 6.09 Å². The van der Waals surface area contributed by atoms with E-state index in [0.29, 0.717) is 50.9 Å². The van der Waals surface area contributed by atoms with E-state index in [0.717, 1.165) is 74.2 Å². The molecular formula is C40H71NO5. The molecule has 8 unspecified atom stereocenters. The zero-order chi connectivity index (χ0) is 33.2. The van der Waals surface area contributed by atoms with Gasteiger partial charge in [0.25, 0.3) is 0 Å². The monoisotopic (exact) mass is 646 g/mol. The number of nitrogens with one attached hydrogen (secondary N) is 1. The van der Waals surface area contributed by atoms with Crippen LogP contribution >= 0.6 is 0 Å². The third kappa shape index (κ3) is 9.97. The summed E-state index contributed by atoms with van der Waals surface area (Å²) in [4.78, 5) is 12.6. The predicted molar refractivity (Wildman–Crippen MR) is 188 cm³/mol. The number of allylic oxidation sites excluding steroid dienone is 1. The minimum atomic E-state index is -0.281. The van der Waals surface area contributed by atoms with Crippen LogP contribution in [0.4, 0.5) is 4.79 Å². The highest BCUT2D eigenvalue weighted by molar-refractivity contribution is 5.67. The molecule has 0 aliphatic heterocycles. The van der Waals surface area contributed by atoms with Crippen LogP contribution < -0.4 is 5.32 Å². The van der Waals surface area contributed by atoms with Gasteiger partial charge in [-0.05, 0) is 110 Å². The summed E-state index contributed by atoms with van der Waals surface area (Å²) >= 11 is 0. The number of hydrogen-bond donors (Lipinski definition) is 1. The third-order valence-electron chi connectivity index (χ3n) is 12.9. The Morgan fingerprint density at radius 1 is 0.804 bits per heavy atom. The highest BCUT2D eigenvalue weighted by Crippen LogP contribution is 2.67. The van der Waals surface area contributed by atoms with Crippen LogP contribution in [0.25, 0.3) is 0 Å². The van der Waals surface area contributed by atoms with Gasteiger partial charge in [-0.2, -0.15) is 0 Å². The molecule has 0 aromatic carbocycles. The number of hydrogen-bond acceptors (Lipinski definition) is 5. The zero-order valence-electron chi connectivity index (χ0n) is 30.9. The van der Waals surface area contributed by atoms with Crippen LogP contribution in [0.3, 0.4) is 0 Å². The molecule has 3 saturated carbocycles. The van der Waals surface area contributed by atoms with E-state index < -0.39 is 0 Å². The molecule has 6 heteroatoms. The molecule has 0 bridgehead atoms. The molecular weight excluding hydrogens is 574 g/mol. The molecule has 8 atom stereocenters. The summed E-state index contributed by atoms with van der Waals surface area (Å²) in [6.45, 7) is 21.3. The first-order chi connectivity index (χ1) is 22.0. The highest BCUT2D eigenvalue weighted by Gasteiger charge is 2.59. The van der Waals surface area contributed by atoms with Crippen LogP contribution in [-0.2, 0) is 18.9 Å². The first-order valence-electron chi connectivity index (χ1n) is 19.4.